The Balaban J connectivity index is 1.21. The van der Waals surface area contributed by atoms with Crippen molar-refractivity contribution in [2.24, 2.45) is 11.3 Å². The largest absolute Gasteiger partial charge is 0.383 e. The molecule has 0 unspecified atom stereocenters. The number of aryl methyl sites for hydroxylation is 1. The summed E-state index contributed by atoms with van der Waals surface area (Å²) in [6.07, 6.45) is 8.39. The molecular formula is C25H26ClN7O2. The molecule has 2 aliphatic carbocycles. The summed E-state index contributed by atoms with van der Waals surface area (Å²) < 4.78 is 15.2. The SMILES string of the molecule is CC1(C)O[C@H]2[C@H](n3ccc4c(N)ncnc43)[C@H]3C[C@@]3(CCc3cnc4cc(Cl)c(N)nc4c3)[C@H]2O1. The molecule has 0 bridgehead atoms. The molecule has 35 heavy (non-hydrogen) atoms. The Kier molecular flexibility index (Phi) is 4.27. The van der Waals surface area contributed by atoms with Gasteiger partial charge in [0.25, 0.3) is 0 Å². The molecule has 0 aromatic carbocycles. The van der Waals surface area contributed by atoms with E-state index in [2.05, 4.69) is 36.8 Å². The van der Waals surface area contributed by atoms with E-state index in [-0.39, 0.29) is 23.7 Å². The summed E-state index contributed by atoms with van der Waals surface area (Å²) in [7, 11) is 0. The van der Waals surface area contributed by atoms with Gasteiger partial charge in [-0.1, -0.05) is 11.6 Å². The molecule has 4 aromatic rings. The van der Waals surface area contributed by atoms with Crippen molar-refractivity contribution in [1.82, 2.24) is 24.5 Å². The van der Waals surface area contributed by atoms with E-state index in [0.717, 1.165) is 46.9 Å². The second-order valence-electron chi connectivity index (χ2n) is 10.5. The summed E-state index contributed by atoms with van der Waals surface area (Å²) >= 11 is 6.10. The van der Waals surface area contributed by atoms with Gasteiger partial charge in [0.05, 0.1) is 33.6 Å². The van der Waals surface area contributed by atoms with Gasteiger partial charge in [0.2, 0.25) is 0 Å². The molecule has 9 nitrogen and oxygen atoms in total. The van der Waals surface area contributed by atoms with Gasteiger partial charge in [0.1, 0.15) is 29.7 Å². The molecule has 0 amide bonds. The Hall–Kier alpha value is -3.01. The molecular weight excluding hydrogens is 466 g/mol. The number of halogens is 1. The van der Waals surface area contributed by atoms with Crippen LogP contribution in [0.4, 0.5) is 11.6 Å². The Bertz CT molecular complexity index is 1500. The first kappa shape index (κ1) is 21.3. The lowest BCUT2D eigenvalue weighted by Crippen LogP contribution is -2.32. The predicted octanol–water partition coefficient (Wildman–Crippen LogP) is 3.91. The highest BCUT2D eigenvalue weighted by Crippen LogP contribution is 2.73. The third-order valence-electron chi connectivity index (χ3n) is 8.07. The average molecular weight is 492 g/mol. The minimum absolute atomic E-state index is 0.0186. The third kappa shape index (κ3) is 3.08. The van der Waals surface area contributed by atoms with E-state index in [9.17, 15) is 0 Å². The van der Waals surface area contributed by atoms with Gasteiger partial charge in [-0.05, 0) is 62.8 Å². The molecule has 4 N–H and O–H groups in total. The fraction of sp³-hybridized carbons (Fsp3) is 0.440. The normalized spacial score (nSPS) is 30.6. The summed E-state index contributed by atoms with van der Waals surface area (Å²) in [5, 5.41) is 1.29. The van der Waals surface area contributed by atoms with Crippen LogP contribution in [0.2, 0.25) is 5.02 Å². The number of nitrogens with two attached hydrogens (primary N) is 2. The van der Waals surface area contributed by atoms with E-state index in [1.54, 1.807) is 6.07 Å². The first-order chi connectivity index (χ1) is 16.8. The lowest BCUT2D eigenvalue weighted by molar-refractivity contribution is -0.161. The summed E-state index contributed by atoms with van der Waals surface area (Å²) in [6.45, 7) is 3.99. The zero-order valence-corrected chi connectivity index (χ0v) is 20.2. The molecule has 5 heterocycles. The minimum Gasteiger partial charge on any atom is -0.383 e. The molecule has 180 valence electrons. The monoisotopic (exact) mass is 491 g/mol. The zero-order chi connectivity index (χ0) is 24.1. The van der Waals surface area contributed by atoms with Crippen LogP contribution in [0.3, 0.4) is 0 Å². The number of hydrogen-bond donors (Lipinski definition) is 2. The molecule has 3 aliphatic rings. The van der Waals surface area contributed by atoms with Crippen molar-refractivity contribution in [3.8, 4) is 0 Å². The van der Waals surface area contributed by atoms with Gasteiger partial charge >= 0.3 is 0 Å². The molecule has 4 aromatic heterocycles. The number of nitrogens with zero attached hydrogens (tertiary/aromatic N) is 5. The highest BCUT2D eigenvalue weighted by Gasteiger charge is 2.75. The molecule has 2 saturated carbocycles. The number of rotatable bonds is 4. The first-order valence-electron chi connectivity index (χ1n) is 11.9. The minimum atomic E-state index is -0.629. The van der Waals surface area contributed by atoms with Crippen LogP contribution in [-0.4, -0.2) is 42.5 Å². The zero-order valence-electron chi connectivity index (χ0n) is 19.5. The van der Waals surface area contributed by atoms with Crippen LogP contribution in [0, 0.1) is 11.3 Å². The van der Waals surface area contributed by atoms with Crippen molar-refractivity contribution < 1.29 is 9.47 Å². The second kappa shape index (κ2) is 7.02. The van der Waals surface area contributed by atoms with Crippen LogP contribution in [0.1, 0.15) is 38.3 Å². The van der Waals surface area contributed by atoms with Crippen molar-refractivity contribution in [2.75, 3.05) is 11.5 Å². The Morgan fingerprint density at radius 1 is 1.11 bits per heavy atom. The number of ether oxygens (including phenoxy) is 2. The molecule has 0 spiro atoms. The molecule has 10 heteroatoms. The van der Waals surface area contributed by atoms with Gasteiger partial charge < -0.3 is 25.5 Å². The molecule has 0 radical (unpaired) electrons. The van der Waals surface area contributed by atoms with E-state index < -0.39 is 5.79 Å². The van der Waals surface area contributed by atoms with Crippen molar-refractivity contribution in [3.63, 3.8) is 0 Å². The van der Waals surface area contributed by atoms with Gasteiger partial charge in [0, 0.05) is 17.8 Å². The van der Waals surface area contributed by atoms with Crippen molar-refractivity contribution in [2.45, 2.75) is 57.1 Å². The van der Waals surface area contributed by atoms with Gasteiger partial charge in [-0.3, -0.25) is 4.98 Å². The predicted molar refractivity (Wildman–Crippen MR) is 133 cm³/mol. The fourth-order valence-corrected chi connectivity index (χ4v) is 6.61. The van der Waals surface area contributed by atoms with Crippen LogP contribution in [-0.2, 0) is 15.9 Å². The highest BCUT2D eigenvalue weighted by molar-refractivity contribution is 6.33. The first-order valence-corrected chi connectivity index (χ1v) is 12.3. The van der Waals surface area contributed by atoms with E-state index in [4.69, 9.17) is 32.5 Å². The maximum Gasteiger partial charge on any atom is 0.163 e. The van der Waals surface area contributed by atoms with E-state index in [1.165, 1.54) is 6.33 Å². The summed E-state index contributed by atoms with van der Waals surface area (Å²) in [4.78, 5) is 17.7. The number of fused-ring (bicyclic) bond motifs is 5. The topological polar surface area (TPSA) is 127 Å². The van der Waals surface area contributed by atoms with Crippen LogP contribution in [0.5, 0.6) is 0 Å². The Labute approximate surface area is 206 Å². The fourth-order valence-electron chi connectivity index (χ4n) is 6.46. The molecule has 5 atom stereocenters. The van der Waals surface area contributed by atoms with Crippen molar-refractivity contribution >= 4 is 45.3 Å². The van der Waals surface area contributed by atoms with E-state index in [0.29, 0.717) is 22.6 Å². The van der Waals surface area contributed by atoms with Crippen LogP contribution < -0.4 is 11.5 Å². The summed E-state index contributed by atoms with van der Waals surface area (Å²) in [5.74, 6) is 0.619. The van der Waals surface area contributed by atoms with Gasteiger partial charge in [-0.2, -0.15) is 0 Å². The maximum absolute atomic E-state index is 6.53. The summed E-state index contributed by atoms with van der Waals surface area (Å²) in [6, 6.07) is 5.94. The van der Waals surface area contributed by atoms with E-state index >= 15 is 0 Å². The standard InChI is InChI=1S/C25H26ClN7O2/c1-24(2)34-19-18(33-6-4-13-21(27)30-11-31-23(13)33)14-9-25(14,20(19)35-24)5-3-12-7-17-16(29-10-12)8-15(26)22(28)32-17/h4,6-8,10-11,14,18-20H,3,5,9H2,1-2H3,(H2,28,32)(H2,27,30,31)/t14-,18-,19+,20+,25-/m1/s1. The summed E-state index contributed by atoms with van der Waals surface area (Å²) in [5.41, 5.74) is 15.5. The highest BCUT2D eigenvalue weighted by atomic mass is 35.5. The Morgan fingerprint density at radius 2 is 1.97 bits per heavy atom. The second-order valence-corrected chi connectivity index (χ2v) is 10.9. The van der Waals surface area contributed by atoms with Crippen molar-refractivity contribution in [3.05, 3.63) is 47.5 Å². The average Bonchev–Trinajstić information content (AvgIpc) is 3.07. The quantitative estimate of drug-likeness (QED) is 0.440. The van der Waals surface area contributed by atoms with Crippen LogP contribution >= 0.6 is 11.6 Å². The van der Waals surface area contributed by atoms with Crippen molar-refractivity contribution in [1.29, 1.82) is 0 Å². The molecule has 1 aliphatic heterocycles. The Morgan fingerprint density at radius 3 is 2.83 bits per heavy atom. The lowest BCUT2D eigenvalue weighted by Gasteiger charge is -2.24. The number of hydrogen-bond acceptors (Lipinski definition) is 8. The molecule has 7 rings (SSSR count). The van der Waals surface area contributed by atoms with Gasteiger partial charge in [-0.25, -0.2) is 15.0 Å². The third-order valence-corrected chi connectivity index (χ3v) is 8.37. The lowest BCUT2D eigenvalue weighted by atomic mass is 9.91. The number of pyridine rings is 2. The van der Waals surface area contributed by atoms with Crippen LogP contribution in [0.25, 0.3) is 22.1 Å². The van der Waals surface area contributed by atoms with Crippen LogP contribution in [0.15, 0.2) is 36.9 Å². The van der Waals surface area contributed by atoms with E-state index in [1.807, 2.05) is 26.1 Å². The molecule has 1 saturated heterocycles. The van der Waals surface area contributed by atoms with Gasteiger partial charge in [0.15, 0.2) is 5.79 Å². The number of aromatic nitrogens is 5. The number of anilines is 2. The smallest absolute Gasteiger partial charge is 0.163 e. The maximum atomic E-state index is 6.53. The van der Waals surface area contributed by atoms with Gasteiger partial charge in [-0.15, -0.1) is 0 Å². The molecule has 3 fully saturated rings. The number of nitrogen functional groups attached to an aromatic ring is 2.